The second-order valence-electron chi connectivity index (χ2n) is 3.76. The molecule has 0 radical (unpaired) electrons. The van der Waals surface area contributed by atoms with Crippen LogP contribution in [0, 0.1) is 5.82 Å². The van der Waals surface area contributed by atoms with Crippen LogP contribution in [0.5, 0.6) is 5.75 Å². The molecule has 4 nitrogen and oxygen atoms in total. The molecule has 5 heteroatoms. The van der Waals surface area contributed by atoms with Gasteiger partial charge in [-0.3, -0.25) is 0 Å². The number of esters is 1. The van der Waals surface area contributed by atoms with E-state index in [0.29, 0.717) is 5.56 Å². The molecule has 17 heavy (non-hydrogen) atoms. The molecule has 0 aliphatic carbocycles. The van der Waals surface area contributed by atoms with Crippen molar-refractivity contribution in [1.29, 1.82) is 0 Å². The molecule has 94 valence electrons. The Bertz CT molecular complexity index is 407. The van der Waals surface area contributed by atoms with Crippen molar-refractivity contribution in [2.75, 3.05) is 7.11 Å². The van der Waals surface area contributed by atoms with E-state index in [2.05, 4.69) is 4.74 Å². The van der Waals surface area contributed by atoms with Crippen molar-refractivity contribution >= 4 is 5.97 Å². The highest BCUT2D eigenvalue weighted by Crippen LogP contribution is 2.22. The van der Waals surface area contributed by atoms with E-state index in [9.17, 15) is 9.18 Å². The van der Waals surface area contributed by atoms with Crippen LogP contribution in [0.3, 0.4) is 0 Å². The summed E-state index contributed by atoms with van der Waals surface area (Å²) in [5, 5.41) is 0. The predicted octanol–water partition coefficient (Wildman–Crippen LogP) is 1.79. The molecule has 2 N–H and O–H groups in total. The Kier molecular flexibility index (Phi) is 4.45. The zero-order valence-electron chi connectivity index (χ0n) is 10.1. The average Bonchev–Trinajstić information content (AvgIpc) is 2.30. The quantitative estimate of drug-likeness (QED) is 0.816. The van der Waals surface area contributed by atoms with E-state index in [1.54, 1.807) is 13.0 Å². The molecule has 0 aliphatic rings. The third-order valence-electron chi connectivity index (χ3n) is 2.32. The largest absolute Gasteiger partial charge is 0.476 e. The molecule has 1 unspecified atom stereocenters. The molecule has 0 spiro atoms. The zero-order chi connectivity index (χ0) is 13.0. The summed E-state index contributed by atoms with van der Waals surface area (Å²) >= 11 is 0. The first-order valence-corrected chi connectivity index (χ1v) is 5.25. The van der Waals surface area contributed by atoms with E-state index in [-0.39, 0.29) is 11.8 Å². The van der Waals surface area contributed by atoms with Gasteiger partial charge < -0.3 is 15.2 Å². The third kappa shape index (κ3) is 3.42. The minimum Gasteiger partial charge on any atom is -0.476 e. The Balaban J connectivity index is 2.83. The fraction of sp³-hybridized carbons (Fsp3) is 0.417. The number of rotatable bonds is 4. The van der Waals surface area contributed by atoms with Crippen molar-refractivity contribution in [3.63, 3.8) is 0 Å². The van der Waals surface area contributed by atoms with Crippen LogP contribution in [0.15, 0.2) is 18.2 Å². The lowest BCUT2D eigenvalue weighted by Crippen LogP contribution is -2.25. The summed E-state index contributed by atoms with van der Waals surface area (Å²) in [4.78, 5) is 11.1. The van der Waals surface area contributed by atoms with Crippen LogP contribution in [0.25, 0.3) is 0 Å². The summed E-state index contributed by atoms with van der Waals surface area (Å²) in [5.74, 6) is -1.09. The summed E-state index contributed by atoms with van der Waals surface area (Å²) in [5.41, 5.74) is 6.29. The molecular formula is C12H16FNO3. The summed E-state index contributed by atoms with van der Waals surface area (Å²) < 4.78 is 23.2. The fourth-order valence-electron chi connectivity index (χ4n) is 1.30. The molecule has 0 amide bonds. The normalized spacial score (nSPS) is 13.9. The maximum absolute atomic E-state index is 13.6. The Morgan fingerprint density at radius 1 is 1.41 bits per heavy atom. The molecule has 0 bridgehead atoms. The van der Waals surface area contributed by atoms with E-state index in [0.717, 1.165) is 0 Å². The lowest BCUT2D eigenvalue weighted by atomic mass is 10.1. The molecule has 0 heterocycles. The summed E-state index contributed by atoms with van der Waals surface area (Å²) in [6.07, 6.45) is -0.851. The van der Waals surface area contributed by atoms with E-state index in [1.807, 2.05) is 0 Å². The van der Waals surface area contributed by atoms with Crippen molar-refractivity contribution in [1.82, 2.24) is 0 Å². The van der Waals surface area contributed by atoms with Gasteiger partial charge in [0.15, 0.2) is 17.7 Å². The predicted molar refractivity (Wildman–Crippen MR) is 61.1 cm³/mol. The second kappa shape index (κ2) is 5.63. The van der Waals surface area contributed by atoms with Gasteiger partial charge in [-0.05, 0) is 31.5 Å². The van der Waals surface area contributed by atoms with Crippen molar-refractivity contribution < 1.29 is 18.7 Å². The summed E-state index contributed by atoms with van der Waals surface area (Å²) in [6.45, 7) is 3.25. The first-order chi connectivity index (χ1) is 7.95. The van der Waals surface area contributed by atoms with Crippen LogP contribution < -0.4 is 10.5 Å². The molecule has 2 atom stereocenters. The second-order valence-corrected chi connectivity index (χ2v) is 3.76. The first-order valence-electron chi connectivity index (χ1n) is 5.25. The minimum atomic E-state index is -0.851. The van der Waals surface area contributed by atoms with E-state index < -0.39 is 17.9 Å². The van der Waals surface area contributed by atoms with Crippen LogP contribution in [0.2, 0.25) is 0 Å². The zero-order valence-corrected chi connectivity index (χ0v) is 10.1. The third-order valence-corrected chi connectivity index (χ3v) is 2.32. The van der Waals surface area contributed by atoms with Gasteiger partial charge in [0.25, 0.3) is 0 Å². The number of nitrogens with two attached hydrogens (primary N) is 1. The summed E-state index contributed by atoms with van der Waals surface area (Å²) in [6, 6.07) is 4.15. The lowest BCUT2D eigenvalue weighted by Gasteiger charge is -2.14. The molecule has 1 aromatic rings. The average molecular weight is 241 g/mol. The highest BCUT2D eigenvalue weighted by atomic mass is 19.1. The van der Waals surface area contributed by atoms with E-state index in [4.69, 9.17) is 10.5 Å². The fourth-order valence-corrected chi connectivity index (χ4v) is 1.30. The van der Waals surface area contributed by atoms with Crippen LogP contribution >= 0.6 is 0 Å². The van der Waals surface area contributed by atoms with Crippen LogP contribution in [-0.4, -0.2) is 19.2 Å². The van der Waals surface area contributed by atoms with Gasteiger partial charge in [-0.2, -0.15) is 0 Å². The SMILES string of the molecule is COC(=O)C(C)Oc1ccc([C@@H](C)N)cc1F. The first kappa shape index (κ1) is 13.4. The Hall–Kier alpha value is -1.62. The molecular weight excluding hydrogens is 225 g/mol. The van der Waals surface area contributed by atoms with E-state index in [1.165, 1.54) is 26.2 Å². The number of carbonyl (C=O) groups is 1. The smallest absolute Gasteiger partial charge is 0.346 e. The molecule has 1 aromatic carbocycles. The molecule has 0 saturated carbocycles. The van der Waals surface area contributed by atoms with Crippen LogP contribution in [0.1, 0.15) is 25.5 Å². The van der Waals surface area contributed by atoms with E-state index >= 15 is 0 Å². The van der Waals surface area contributed by atoms with Crippen molar-refractivity contribution in [3.05, 3.63) is 29.6 Å². The van der Waals surface area contributed by atoms with Crippen molar-refractivity contribution in [3.8, 4) is 5.75 Å². The number of carbonyl (C=O) groups excluding carboxylic acids is 1. The maximum atomic E-state index is 13.6. The van der Waals surface area contributed by atoms with Crippen LogP contribution in [0.4, 0.5) is 4.39 Å². The molecule has 0 aromatic heterocycles. The Morgan fingerprint density at radius 3 is 2.53 bits per heavy atom. The van der Waals surface area contributed by atoms with Gasteiger partial charge in [0.2, 0.25) is 0 Å². The van der Waals surface area contributed by atoms with Gasteiger partial charge in [-0.1, -0.05) is 6.07 Å². The van der Waals surface area contributed by atoms with Crippen molar-refractivity contribution in [2.24, 2.45) is 5.73 Å². The Labute approximate surface area is 99.5 Å². The molecule has 1 rings (SSSR count). The van der Waals surface area contributed by atoms with Gasteiger partial charge in [0.05, 0.1) is 7.11 Å². The van der Waals surface area contributed by atoms with Gasteiger partial charge >= 0.3 is 5.97 Å². The number of hydrogen-bond donors (Lipinski definition) is 1. The lowest BCUT2D eigenvalue weighted by molar-refractivity contribution is -0.148. The number of benzene rings is 1. The molecule has 0 aliphatic heterocycles. The van der Waals surface area contributed by atoms with Crippen LogP contribution in [-0.2, 0) is 9.53 Å². The summed E-state index contributed by atoms with van der Waals surface area (Å²) in [7, 11) is 1.25. The van der Waals surface area contributed by atoms with Gasteiger partial charge in [0.1, 0.15) is 0 Å². The monoisotopic (exact) mass is 241 g/mol. The standard InChI is InChI=1S/C12H16FNO3/c1-7(14)9-4-5-11(10(13)6-9)17-8(2)12(15)16-3/h4-8H,14H2,1-3H3/t7-,8?/m1/s1. The number of hydrogen-bond acceptors (Lipinski definition) is 4. The highest BCUT2D eigenvalue weighted by molar-refractivity contribution is 5.74. The molecule has 0 saturated heterocycles. The number of ether oxygens (including phenoxy) is 2. The highest BCUT2D eigenvalue weighted by Gasteiger charge is 2.17. The van der Waals surface area contributed by atoms with Gasteiger partial charge in [-0.15, -0.1) is 0 Å². The number of halogens is 1. The van der Waals surface area contributed by atoms with Crippen molar-refractivity contribution in [2.45, 2.75) is 26.0 Å². The number of methoxy groups -OCH3 is 1. The van der Waals surface area contributed by atoms with Gasteiger partial charge in [-0.25, -0.2) is 9.18 Å². The van der Waals surface area contributed by atoms with Gasteiger partial charge in [0, 0.05) is 6.04 Å². The Morgan fingerprint density at radius 2 is 2.06 bits per heavy atom. The minimum absolute atomic E-state index is 0.00676. The molecule has 0 fully saturated rings. The topological polar surface area (TPSA) is 61.5 Å². The maximum Gasteiger partial charge on any atom is 0.346 e.